The molecule has 1 aliphatic rings. The van der Waals surface area contributed by atoms with Gasteiger partial charge in [-0.25, -0.2) is 0 Å². The molecule has 4 heteroatoms. The molecule has 1 saturated heterocycles. The van der Waals surface area contributed by atoms with Gasteiger partial charge >= 0.3 is 0 Å². The summed E-state index contributed by atoms with van der Waals surface area (Å²) >= 11 is 0. The predicted molar refractivity (Wildman–Crippen MR) is 74.7 cm³/mol. The van der Waals surface area contributed by atoms with Crippen LogP contribution >= 0.6 is 0 Å². The van der Waals surface area contributed by atoms with E-state index < -0.39 is 5.54 Å². The van der Waals surface area contributed by atoms with Crippen LogP contribution in [0.25, 0.3) is 0 Å². The third kappa shape index (κ3) is 3.78. The molecular weight excluding hydrogens is 240 g/mol. The number of nitrogens with one attached hydrogen (secondary N) is 1. The van der Waals surface area contributed by atoms with Crippen LogP contribution < -0.4 is 11.1 Å². The highest BCUT2D eigenvalue weighted by Gasteiger charge is 2.36. The lowest BCUT2D eigenvalue weighted by molar-refractivity contribution is -0.130. The highest BCUT2D eigenvalue weighted by molar-refractivity contribution is 5.86. The monoisotopic (exact) mass is 262 g/mol. The van der Waals surface area contributed by atoms with Crippen molar-refractivity contribution in [1.29, 1.82) is 0 Å². The van der Waals surface area contributed by atoms with Gasteiger partial charge < -0.3 is 15.8 Å². The van der Waals surface area contributed by atoms with E-state index in [2.05, 4.69) is 17.4 Å². The SMILES string of the molecule is CC(Cc1ccccc1)NC(=O)C1(N)CCOCC1. The molecule has 4 nitrogen and oxygen atoms in total. The van der Waals surface area contributed by atoms with Gasteiger partial charge in [-0.2, -0.15) is 0 Å². The van der Waals surface area contributed by atoms with Crippen molar-refractivity contribution in [2.24, 2.45) is 5.73 Å². The predicted octanol–water partition coefficient (Wildman–Crippen LogP) is 1.24. The van der Waals surface area contributed by atoms with Crippen LogP contribution in [0.3, 0.4) is 0 Å². The highest BCUT2D eigenvalue weighted by Crippen LogP contribution is 2.18. The van der Waals surface area contributed by atoms with Gasteiger partial charge in [-0.1, -0.05) is 30.3 Å². The maximum atomic E-state index is 12.2. The van der Waals surface area contributed by atoms with Crippen LogP contribution in [-0.2, 0) is 16.0 Å². The van der Waals surface area contributed by atoms with E-state index in [1.54, 1.807) is 0 Å². The zero-order valence-corrected chi connectivity index (χ0v) is 11.4. The van der Waals surface area contributed by atoms with E-state index in [1.807, 2.05) is 25.1 Å². The number of nitrogens with two attached hydrogens (primary N) is 1. The van der Waals surface area contributed by atoms with Gasteiger partial charge in [0.15, 0.2) is 0 Å². The molecule has 19 heavy (non-hydrogen) atoms. The van der Waals surface area contributed by atoms with Crippen molar-refractivity contribution in [1.82, 2.24) is 5.32 Å². The Labute approximate surface area is 114 Å². The van der Waals surface area contributed by atoms with Crippen LogP contribution in [0, 0.1) is 0 Å². The standard InChI is InChI=1S/C15H22N2O2/c1-12(11-13-5-3-2-4-6-13)17-14(18)15(16)7-9-19-10-8-15/h2-6,12H,7-11,16H2,1H3,(H,17,18). The molecule has 0 aliphatic carbocycles. The fourth-order valence-electron chi connectivity index (χ4n) is 2.35. The van der Waals surface area contributed by atoms with Crippen molar-refractivity contribution < 1.29 is 9.53 Å². The van der Waals surface area contributed by atoms with Crippen molar-refractivity contribution >= 4 is 5.91 Å². The number of carbonyl (C=O) groups excluding carboxylic acids is 1. The first-order valence-electron chi connectivity index (χ1n) is 6.82. The lowest BCUT2D eigenvalue weighted by Gasteiger charge is -2.33. The number of carbonyl (C=O) groups is 1. The fourth-order valence-corrected chi connectivity index (χ4v) is 2.35. The number of hydrogen-bond acceptors (Lipinski definition) is 3. The van der Waals surface area contributed by atoms with Gasteiger partial charge in [0.2, 0.25) is 5.91 Å². The molecule has 0 bridgehead atoms. The van der Waals surface area contributed by atoms with Crippen LogP contribution in [0.1, 0.15) is 25.3 Å². The Morgan fingerprint density at radius 1 is 1.37 bits per heavy atom. The first-order valence-corrected chi connectivity index (χ1v) is 6.82. The smallest absolute Gasteiger partial charge is 0.240 e. The minimum Gasteiger partial charge on any atom is -0.381 e. The Morgan fingerprint density at radius 3 is 2.63 bits per heavy atom. The maximum Gasteiger partial charge on any atom is 0.240 e. The molecule has 0 spiro atoms. The first kappa shape index (κ1) is 14.0. The normalized spacial score (nSPS) is 19.7. The zero-order chi connectivity index (χ0) is 13.7. The molecule has 1 amide bonds. The van der Waals surface area contributed by atoms with E-state index in [1.165, 1.54) is 5.56 Å². The number of ether oxygens (including phenoxy) is 1. The fraction of sp³-hybridized carbons (Fsp3) is 0.533. The van der Waals surface area contributed by atoms with Crippen LogP contribution in [0.4, 0.5) is 0 Å². The third-order valence-corrected chi connectivity index (χ3v) is 3.60. The number of rotatable bonds is 4. The molecule has 1 aromatic rings. The van der Waals surface area contributed by atoms with E-state index in [0.717, 1.165) is 6.42 Å². The molecule has 1 atom stereocenters. The second-order valence-corrected chi connectivity index (χ2v) is 5.33. The van der Waals surface area contributed by atoms with Gasteiger partial charge in [0, 0.05) is 19.3 Å². The average Bonchev–Trinajstić information content (AvgIpc) is 2.40. The summed E-state index contributed by atoms with van der Waals surface area (Å²) in [6.07, 6.45) is 2.01. The van der Waals surface area contributed by atoms with E-state index in [0.29, 0.717) is 26.1 Å². The molecule has 1 fully saturated rings. The topological polar surface area (TPSA) is 64.4 Å². The summed E-state index contributed by atoms with van der Waals surface area (Å²) < 4.78 is 5.26. The molecule has 1 unspecified atom stereocenters. The number of hydrogen-bond donors (Lipinski definition) is 2. The molecule has 0 radical (unpaired) electrons. The van der Waals surface area contributed by atoms with E-state index >= 15 is 0 Å². The Hall–Kier alpha value is -1.39. The molecule has 1 aliphatic heterocycles. The van der Waals surface area contributed by atoms with Crippen LogP contribution in [0.15, 0.2) is 30.3 Å². The lowest BCUT2D eigenvalue weighted by Crippen LogP contribution is -2.58. The summed E-state index contributed by atoms with van der Waals surface area (Å²) in [4.78, 5) is 12.2. The molecular formula is C15H22N2O2. The number of benzene rings is 1. The van der Waals surface area contributed by atoms with Gasteiger partial charge in [-0.3, -0.25) is 4.79 Å². The third-order valence-electron chi connectivity index (χ3n) is 3.60. The van der Waals surface area contributed by atoms with Crippen LogP contribution in [0.2, 0.25) is 0 Å². The molecule has 0 saturated carbocycles. The minimum absolute atomic E-state index is 0.0563. The largest absolute Gasteiger partial charge is 0.381 e. The quantitative estimate of drug-likeness (QED) is 0.858. The number of amides is 1. The molecule has 2 rings (SSSR count). The van der Waals surface area contributed by atoms with E-state index in [-0.39, 0.29) is 11.9 Å². The minimum atomic E-state index is -0.761. The lowest BCUT2D eigenvalue weighted by atomic mass is 9.90. The van der Waals surface area contributed by atoms with Gasteiger partial charge in [0.25, 0.3) is 0 Å². The average molecular weight is 262 g/mol. The second kappa shape index (κ2) is 6.17. The van der Waals surface area contributed by atoms with Gasteiger partial charge in [0.05, 0.1) is 5.54 Å². The Morgan fingerprint density at radius 2 is 2.00 bits per heavy atom. The van der Waals surface area contributed by atoms with Crippen molar-refractivity contribution in [3.63, 3.8) is 0 Å². The first-order chi connectivity index (χ1) is 9.10. The molecule has 1 aromatic carbocycles. The highest BCUT2D eigenvalue weighted by atomic mass is 16.5. The molecule has 3 N–H and O–H groups in total. The molecule has 104 valence electrons. The Bertz CT molecular complexity index is 413. The van der Waals surface area contributed by atoms with Crippen molar-refractivity contribution in [2.75, 3.05) is 13.2 Å². The molecule has 0 aromatic heterocycles. The Balaban J connectivity index is 1.88. The summed E-state index contributed by atoms with van der Waals surface area (Å²) in [5.41, 5.74) is 6.61. The van der Waals surface area contributed by atoms with Crippen LogP contribution in [-0.4, -0.2) is 30.7 Å². The van der Waals surface area contributed by atoms with E-state index in [4.69, 9.17) is 10.5 Å². The summed E-state index contributed by atoms with van der Waals surface area (Å²) in [7, 11) is 0. The zero-order valence-electron chi connectivity index (χ0n) is 11.4. The maximum absolute atomic E-state index is 12.2. The second-order valence-electron chi connectivity index (χ2n) is 5.33. The van der Waals surface area contributed by atoms with E-state index in [9.17, 15) is 4.79 Å². The van der Waals surface area contributed by atoms with Crippen molar-refractivity contribution in [3.8, 4) is 0 Å². The van der Waals surface area contributed by atoms with Gasteiger partial charge in [0.1, 0.15) is 0 Å². The van der Waals surface area contributed by atoms with Crippen LogP contribution in [0.5, 0.6) is 0 Å². The molecule has 1 heterocycles. The van der Waals surface area contributed by atoms with Crippen molar-refractivity contribution in [3.05, 3.63) is 35.9 Å². The summed E-state index contributed by atoms with van der Waals surface area (Å²) in [6.45, 7) is 3.14. The van der Waals surface area contributed by atoms with Gasteiger partial charge in [-0.15, -0.1) is 0 Å². The summed E-state index contributed by atoms with van der Waals surface area (Å²) in [5, 5.41) is 3.02. The Kier molecular flexibility index (Phi) is 4.56. The summed E-state index contributed by atoms with van der Waals surface area (Å²) in [5.74, 6) is -0.0563. The summed E-state index contributed by atoms with van der Waals surface area (Å²) in [6, 6.07) is 10.2. The van der Waals surface area contributed by atoms with Gasteiger partial charge in [-0.05, 0) is 31.7 Å². The van der Waals surface area contributed by atoms with Crippen molar-refractivity contribution in [2.45, 2.75) is 37.8 Å².